The molecule has 8 nitrogen and oxygen atoms in total. The molecule has 192 valence electrons. The van der Waals surface area contributed by atoms with Gasteiger partial charge in [0.15, 0.2) is 5.60 Å². The fourth-order valence-corrected chi connectivity index (χ4v) is 4.50. The van der Waals surface area contributed by atoms with E-state index in [0.717, 1.165) is 41.3 Å². The third-order valence-corrected chi connectivity index (χ3v) is 6.53. The number of benzene rings is 3. The molecule has 1 aliphatic rings. The number of methoxy groups -OCH3 is 1. The zero-order valence-electron chi connectivity index (χ0n) is 20.9. The van der Waals surface area contributed by atoms with Gasteiger partial charge in [0, 0.05) is 5.69 Å². The number of anilines is 1. The molecule has 1 atom stereocenters. The normalized spacial score (nSPS) is 15.2. The van der Waals surface area contributed by atoms with Crippen molar-refractivity contribution in [3.8, 4) is 11.8 Å². The van der Waals surface area contributed by atoms with E-state index in [4.69, 9.17) is 14.2 Å². The van der Waals surface area contributed by atoms with Crippen molar-refractivity contribution < 1.29 is 23.8 Å². The van der Waals surface area contributed by atoms with Gasteiger partial charge in [0.2, 0.25) is 0 Å². The fraction of sp³-hybridized carbons (Fsp3) is 0.345. The average molecular weight is 502 g/mol. The van der Waals surface area contributed by atoms with E-state index in [1.165, 1.54) is 0 Å². The number of hydrogen-bond donors (Lipinski definition) is 2. The smallest absolute Gasteiger partial charge is 0.412 e. The third-order valence-electron chi connectivity index (χ3n) is 6.53. The molecule has 3 aromatic carbocycles. The highest BCUT2D eigenvalue weighted by Gasteiger charge is 2.44. The maximum Gasteiger partial charge on any atom is 0.412 e. The molecule has 0 aliphatic heterocycles. The Hall–Kier alpha value is -4.09. The highest BCUT2D eigenvalue weighted by Crippen LogP contribution is 2.33. The molecule has 0 spiro atoms. The van der Waals surface area contributed by atoms with Gasteiger partial charge in [0.05, 0.1) is 26.4 Å². The summed E-state index contributed by atoms with van der Waals surface area (Å²) in [6, 6.07) is 22.0. The van der Waals surface area contributed by atoms with Gasteiger partial charge in [-0.25, -0.2) is 4.79 Å². The molecule has 0 radical (unpaired) electrons. The Kier molecular flexibility index (Phi) is 8.60. The summed E-state index contributed by atoms with van der Waals surface area (Å²) < 4.78 is 16.6. The second-order valence-corrected chi connectivity index (χ2v) is 9.15. The number of carbonyl (C=O) groups excluding carboxylic acids is 2. The molecule has 0 heterocycles. The van der Waals surface area contributed by atoms with Crippen LogP contribution in [-0.2, 0) is 20.9 Å². The Morgan fingerprint density at radius 3 is 2.43 bits per heavy atom. The molecule has 0 bridgehead atoms. The quantitative estimate of drug-likeness (QED) is 0.410. The minimum atomic E-state index is -1.33. The zero-order chi connectivity index (χ0) is 26.1. The number of ether oxygens (including phenoxy) is 3. The van der Waals surface area contributed by atoms with Crippen LogP contribution in [0.5, 0.6) is 5.75 Å². The molecule has 8 heteroatoms. The van der Waals surface area contributed by atoms with Gasteiger partial charge in [-0.2, -0.15) is 5.26 Å². The van der Waals surface area contributed by atoms with Crippen LogP contribution in [0.25, 0.3) is 10.8 Å². The summed E-state index contributed by atoms with van der Waals surface area (Å²) in [5.74, 6) is 0.272. The van der Waals surface area contributed by atoms with Crippen LogP contribution in [0.1, 0.15) is 37.7 Å². The van der Waals surface area contributed by atoms with Gasteiger partial charge >= 0.3 is 6.09 Å². The third kappa shape index (κ3) is 6.78. The molecule has 0 unspecified atom stereocenters. The molecule has 2 amide bonds. The molecule has 2 N–H and O–H groups in total. The molecule has 4 rings (SSSR count). The van der Waals surface area contributed by atoms with Crippen LogP contribution in [0.4, 0.5) is 10.5 Å². The van der Waals surface area contributed by atoms with Crippen molar-refractivity contribution in [1.82, 2.24) is 5.32 Å². The average Bonchev–Trinajstić information content (AvgIpc) is 2.93. The SMILES string of the molecule is COc1ccc(COC[C@@H](C#N)NC(=O)C2(OC(=O)Nc3ccc4ccccc4c3)CCCCC2)cc1. The zero-order valence-corrected chi connectivity index (χ0v) is 20.9. The van der Waals surface area contributed by atoms with Crippen LogP contribution < -0.4 is 15.4 Å². The van der Waals surface area contributed by atoms with Gasteiger partial charge in [-0.1, -0.05) is 48.9 Å². The summed E-state index contributed by atoms with van der Waals surface area (Å²) in [4.78, 5) is 26.2. The lowest BCUT2D eigenvalue weighted by molar-refractivity contribution is -0.143. The van der Waals surface area contributed by atoms with E-state index in [-0.39, 0.29) is 13.2 Å². The number of carbonyl (C=O) groups is 2. The lowest BCUT2D eigenvalue weighted by atomic mass is 9.83. The molecular weight excluding hydrogens is 470 g/mol. The fourth-order valence-electron chi connectivity index (χ4n) is 4.50. The van der Waals surface area contributed by atoms with Gasteiger partial charge in [0.1, 0.15) is 11.8 Å². The summed E-state index contributed by atoms with van der Waals surface area (Å²) >= 11 is 0. The molecule has 0 aromatic heterocycles. The van der Waals surface area contributed by atoms with Gasteiger partial charge < -0.3 is 19.5 Å². The van der Waals surface area contributed by atoms with Crippen molar-refractivity contribution in [3.05, 3.63) is 72.3 Å². The predicted molar refractivity (Wildman–Crippen MR) is 140 cm³/mol. The first kappa shape index (κ1) is 26.0. The summed E-state index contributed by atoms with van der Waals surface area (Å²) in [7, 11) is 1.60. The number of rotatable bonds is 9. The van der Waals surface area contributed by atoms with E-state index >= 15 is 0 Å². The number of nitrogens with zero attached hydrogens (tertiary/aromatic N) is 1. The minimum absolute atomic E-state index is 0.00757. The molecule has 1 fully saturated rings. The van der Waals surface area contributed by atoms with E-state index < -0.39 is 23.6 Å². The highest BCUT2D eigenvalue weighted by molar-refractivity contribution is 5.94. The summed E-state index contributed by atoms with van der Waals surface area (Å²) in [6.07, 6.45) is 2.56. The van der Waals surface area contributed by atoms with Gasteiger partial charge in [-0.3, -0.25) is 10.1 Å². The first-order valence-electron chi connectivity index (χ1n) is 12.4. The lowest BCUT2D eigenvalue weighted by Crippen LogP contribution is -2.54. The summed E-state index contributed by atoms with van der Waals surface area (Å²) in [5.41, 5.74) is 0.169. The maximum absolute atomic E-state index is 13.3. The molecular formula is C29H31N3O5. The van der Waals surface area contributed by atoms with E-state index in [9.17, 15) is 14.9 Å². The Balaban J connectivity index is 1.36. The van der Waals surface area contributed by atoms with Crippen molar-refractivity contribution in [3.63, 3.8) is 0 Å². The number of amides is 2. The largest absolute Gasteiger partial charge is 0.497 e. The van der Waals surface area contributed by atoms with Gasteiger partial charge in [-0.15, -0.1) is 0 Å². The number of fused-ring (bicyclic) bond motifs is 1. The number of nitrogens with one attached hydrogen (secondary N) is 2. The van der Waals surface area contributed by atoms with Gasteiger partial charge in [0.25, 0.3) is 5.91 Å². The molecule has 3 aromatic rings. The van der Waals surface area contributed by atoms with E-state index in [0.29, 0.717) is 18.5 Å². The molecule has 0 saturated heterocycles. The minimum Gasteiger partial charge on any atom is -0.497 e. The Morgan fingerprint density at radius 2 is 1.73 bits per heavy atom. The first-order valence-corrected chi connectivity index (χ1v) is 12.4. The number of nitriles is 1. The Labute approximate surface area is 216 Å². The second-order valence-electron chi connectivity index (χ2n) is 9.15. The Bertz CT molecular complexity index is 1260. The summed E-state index contributed by atoms with van der Waals surface area (Å²) in [6.45, 7) is 0.293. The standard InChI is InChI=1S/C29H31N3O5/c1-35-26-13-9-21(10-14-26)19-36-20-25(18-30)31-27(33)29(15-5-2-6-16-29)37-28(34)32-24-12-11-22-7-3-4-8-23(22)17-24/h3-4,7-14,17,25H,2,5-6,15-16,19-20H2,1H3,(H,31,33)(H,32,34)/t25-/m1/s1. The van der Waals surface area contributed by atoms with Crippen LogP contribution in [-0.4, -0.2) is 37.4 Å². The van der Waals surface area contributed by atoms with Crippen LogP contribution in [0.2, 0.25) is 0 Å². The van der Waals surface area contributed by atoms with E-state index in [1.807, 2.05) is 60.7 Å². The topological polar surface area (TPSA) is 110 Å². The van der Waals surface area contributed by atoms with E-state index in [2.05, 4.69) is 16.7 Å². The van der Waals surface area contributed by atoms with Crippen molar-refractivity contribution >= 4 is 28.5 Å². The maximum atomic E-state index is 13.3. The second kappa shape index (κ2) is 12.2. The predicted octanol–water partition coefficient (Wildman–Crippen LogP) is 5.32. The highest BCUT2D eigenvalue weighted by atomic mass is 16.6. The number of hydrogen-bond acceptors (Lipinski definition) is 6. The Morgan fingerprint density at radius 1 is 1.00 bits per heavy atom. The van der Waals surface area contributed by atoms with Crippen molar-refractivity contribution in [2.24, 2.45) is 0 Å². The van der Waals surface area contributed by atoms with E-state index in [1.54, 1.807) is 13.2 Å². The molecule has 37 heavy (non-hydrogen) atoms. The summed E-state index contributed by atoms with van der Waals surface area (Å²) in [5, 5.41) is 17.1. The van der Waals surface area contributed by atoms with Crippen LogP contribution in [0.15, 0.2) is 66.7 Å². The van der Waals surface area contributed by atoms with Crippen LogP contribution in [0, 0.1) is 11.3 Å². The first-order chi connectivity index (χ1) is 18.0. The molecule has 1 saturated carbocycles. The van der Waals surface area contributed by atoms with Crippen LogP contribution >= 0.6 is 0 Å². The van der Waals surface area contributed by atoms with Gasteiger partial charge in [-0.05, 0) is 66.3 Å². The lowest BCUT2D eigenvalue weighted by Gasteiger charge is -2.35. The van der Waals surface area contributed by atoms with Crippen LogP contribution in [0.3, 0.4) is 0 Å². The monoisotopic (exact) mass is 501 g/mol. The van der Waals surface area contributed by atoms with Crippen molar-refractivity contribution in [1.29, 1.82) is 5.26 Å². The van der Waals surface area contributed by atoms with Crippen molar-refractivity contribution in [2.45, 2.75) is 50.4 Å². The van der Waals surface area contributed by atoms with Crippen molar-refractivity contribution in [2.75, 3.05) is 19.0 Å². The molecule has 1 aliphatic carbocycles.